The molecule has 2 rings (SSSR count). The van der Waals surface area contributed by atoms with Crippen molar-refractivity contribution in [3.8, 4) is 17.2 Å². The summed E-state index contributed by atoms with van der Waals surface area (Å²) < 4.78 is 10.2. The smallest absolute Gasteiger partial charge is 0.271 e. The Morgan fingerprint density at radius 2 is 1.62 bits per heavy atom. The van der Waals surface area contributed by atoms with E-state index in [-0.39, 0.29) is 28.6 Å². The first-order valence-electron chi connectivity index (χ1n) is 8.15. The summed E-state index contributed by atoms with van der Waals surface area (Å²) in [5, 5.41) is 13.8. The minimum atomic E-state index is -0.306. The number of ether oxygens (including phenoxy) is 2. The maximum atomic E-state index is 12.2. The number of phenolic OH excluding ortho intramolecular Hbond substituents is 1. The predicted octanol–water partition coefficient (Wildman–Crippen LogP) is 3.47. The Bertz CT molecular complexity index is 781. The van der Waals surface area contributed by atoms with Crippen LogP contribution < -0.4 is 14.9 Å². The predicted molar refractivity (Wildman–Crippen MR) is 101 cm³/mol. The third kappa shape index (κ3) is 4.53. The first kappa shape index (κ1) is 19.3. The summed E-state index contributed by atoms with van der Waals surface area (Å²) in [6.45, 7) is 6.35. The Morgan fingerprint density at radius 1 is 1.08 bits per heavy atom. The molecule has 0 saturated heterocycles. The zero-order valence-electron chi connectivity index (χ0n) is 15.7. The highest BCUT2D eigenvalue weighted by molar-refractivity contribution is 5.95. The average molecular weight is 356 g/mol. The van der Waals surface area contributed by atoms with Crippen LogP contribution in [-0.4, -0.2) is 31.4 Å². The number of rotatable bonds is 5. The molecule has 2 aromatic carbocycles. The van der Waals surface area contributed by atoms with Crippen molar-refractivity contribution >= 4 is 12.1 Å². The Labute approximate surface area is 153 Å². The second kappa shape index (κ2) is 7.91. The number of phenols is 1. The van der Waals surface area contributed by atoms with E-state index in [1.165, 1.54) is 20.4 Å². The Kier molecular flexibility index (Phi) is 5.87. The van der Waals surface area contributed by atoms with Gasteiger partial charge in [-0.05, 0) is 35.2 Å². The lowest BCUT2D eigenvalue weighted by Crippen LogP contribution is -2.18. The molecule has 0 spiro atoms. The molecule has 6 nitrogen and oxygen atoms in total. The number of hydrogen-bond acceptors (Lipinski definition) is 5. The monoisotopic (exact) mass is 356 g/mol. The van der Waals surface area contributed by atoms with Crippen LogP contribution in [0.5, 0.6) is 17.2 Å². The van der Waals surface area contributed by atoms with Gasteiger partial charge >= 0.3 is 0 Å². The SMILES string of the molecule is COc1cc(/C=N\NC(=O)c2ccc(C(C)(C)C)cc2)cc(OC)c1O. The zero-order chi connectivity index (χ0) is 19.3. The van der Waals surface area contributed by atoms with Crippen LogP contribution in [0.4, 0.5) is 0 Å². The minimum Gasteiger partial charge on any atom is -0.502 e. The first-order valence-corrected chi connectivity index (χ1v) is 8.15. The van der Waals surface area contributed by atoms with Gasteiger partial charge < -0.3 is 14.6 Å². The number of hydrogen-bond donors (Lipinski definition) is 2. The molecule has 0 heterocycles. The van der Waals surface area contributed by atoms with Gasteiger partial charge in [0.1, 0.15) is 0 Å². The van der Waals surface area contributed by atoms with Crippen molar-refractivity contribution in [3.05, 3.63) is 53.1 Å². The lowest BCUT2D eigenvalue weighted by Gasteiger charge is -2.18. The molecule has 0 aliphatic carbocycles. The van der Waals surface area contributed by atoms with Crippen molar-refractivity contribution in [1.29, 1.82) is 0 Å². The highest BCUT2D eigenvalue weighted by Gasteiger charge is 2.14. The Morgan fingerprint density at radius 3 is 2.08 bits per heavy atom. The van der Waals surface area contributed by atoms with Gasteiger partial charge in [0.2, 0.25) is 5.75 Å². The average Bonchev–Trinajstić information content (AvgIpc) is 2.62. The lowest BCUT2D eigenvalue weighted by atomic mass is 9.87. The Hall–Kier alpha value is -3.02. The lowest BCUT2D eigenvalue weighted by molar-refractivity contribution is 0.0955. The van der Waals surface area contributed by atoms with E-state index in [4.69, 9.17) is 9.47 Å². The third-order valence-corrected chi connectivity index (χ3v) is 3.89. The molecule has 26 heavy (non-hydrogen) atoms. The van der Waals surface area contributed by atoms with Crippen molar-refractivity contribution < 1.29 is 19.4 Å². The molecule has 0 bridgehead atoms. The molecule has 0 fully saturated rings. The fourth-order valence-electron chi connectivity index (χ4n) is 2.34. The fourth-order valence-corrected chi connectivity index (χ4v) is 2.34. The highest BCUT2D eigenvalue weighted by Crippen LogP contribution is 2.36. The molecule has 0 saturated carbocycles. The van der Waals surface area contributed by atoms with Crippen LogP contribution in [0.2, 0.25) is 0 Å². The Balaban J connectivity index is 2.09. The second-order valence-corrected chi connectivity index (χ2v) is 6.80. The molecule has 2 aromatic rings. The van der Waals surface area contributed by atoms with Crippen LogP contribution in [0.1, 0.15) is 42.3 Å². The van der Waals surface area contributed by atoms with E-state index in [2.05, 4.69) is 31.3 Å². The maximum Gasteiger partial charge on any atom is 0.271 e. The number of benzene rings is 2. The largest absolute Gasteiger partial charge is 0.502 e. The quantitative estimate of drug-likeness (QED) is 0.635. The van der Waals surface area contributed by atoms with E-state index in [1.54, 1.807) is 24.3 Å². The van der Waals surface area contributed by atoms with Crippen molar-refractivity contribution in [2.45, 2.75) is 26.2 Å². The number of hydrazone groups is 1. The van der Waals surface area contributed by atoms with E-state index in [1.807, 2.05) is 12.1 Å². The van der Waals surface area contributed by atoms with Gasteiger partial charge in [-0.15, -0.1) is 0 Å². The molecule has 138 valence electrons. The topological polar surface area (TPSA) is 80.2 Å². The van der Waals surface area contributed by atoms with Crippen LogP contribution in [0.3, 0.4) is 0 Å². The molecule has 0 aromatic heterocycles. The van der Waals surface area contributed by atoms with Gasteiger partial charge in [-0.2, -0.15) is 5.10 Å². The van der Waals surface area contributed by atoms with Gasteiger partial charge in [-0.1, -0.05) is 32.9 Å². The van der Waals surface area contributed by atoms with Crippen LogP contribution in [0, 0.1) is 0 Å². The summed E-state index contributed by atoms with van der Waals surface area (Å²) in [6.07, 6.45) is 1.45. The molecule has 0 aliphatic rings. The highest BCUT2D eigenvalue weighted by atomic mass is 16.5. The number of carbonyl (C=O) groups is 1. The first-order chi connectivity index (χ1) is 12.3. The minimum absolute atomic E-state index is 0.0319. The van der Waals surface area contributed by atoms with Gasteiger partial charge in [0, 0.05) is 11.1 Å². The number of aromatic hydroxyl groups is 1. The molecular weight excluding hydrogens is 332 g/mol. The molecule has 0 radical (unpaired) electrons. The van der Waals surface area contributed by atoms with Gasteiger partial charge in [-0.3, -0.25) is 4.79 Å². The molecule has 1 amide bonds. The number of methoxy groups -OCH3 is 2. The van der Waals surface area contributed by atoms with E-state index >= 15 is 0 Å². The van der Waals surface area contributed by atoms with E-state index < -0.39 is 0 Å². The summed E-state index contributed by atoms with van der Waals surface area (Å²) >= 11 is 0. The number of nitrogens with one attached hydrogen (secondary N) is 1. The maximum absolute atomic E-state index is 12.2. The van der Waals surface area contributed by atoms with Crippen molar-refractivity contribution in [2.24, 2.45) is 5.10 Å². The standard InChI is InChI=1S/C20H24N2O4/c1-20(2,3)15-8-6-14(7-9-15)19(24)22-21-12-13-10-16(25-4)18(23)17(11-13)26-5/h6-12,23H,1-5H3,(H,22,24)/b21-12-. The second-order valence-electron chi connectivity index (χ2n) is 6.80. The van der Waals surface area contributed by atoms with E-state index in [0.29, 0.717) is 11.1 Å². The molecule has 6 heteroatoms. The molecule has 2 N–H and O–H groups in total. The summed E-state index contributed by atoms with van der Waals surface area (Å²) in [5.74, 6) is 0.124. The number of nitrogens with zero attached hydrogens (tertiary/aromatic N) is 1. The summed E-state index contributed by atoms with van der Waals surface area (Å²) in [4.78, 5) is 12.2. The van der Waals surface area contributed by atoms with Crippen LogP contribution in [-0.2, 0) is 5.41 Å². The summed E-state index contributed by atoms with van der Waals surface area (Å²) in [7, 11) is 2.89. The summed E-state index contributed by atoms with van der Waals surface area (Å²) in [6, 6.07) is 10.6. The molecule has 0 unspecified atom stereocenters. The normalized spacial score (nSPS) is 11.4. The van der Waals surface area contributed by atoms with Crippen LogP contribution >= 0.6 is 0 Å². The van der Waals surface area contributed by atoms with E-state index in [0.717, 1.165) is 5.56 Å². The molecular formula is C20H24N2O4. The van der Waals surface area contributed by atoms with Crippen molar-refractivity contribution in [2.75, 3.05) is 14.2 Å². The third-order valence-electron chi connectivity index (χ3n) is 3.89. The van der Waals surface area contributed by atoms with Crippen molar-refractivity contribution in [3.63, 3.8) is 0 Å². The number of carbonyl (C=O) groups excluding carboxylic acids is 1. The van der Waals surface area contributed by atoms with Crippen LogP contribution in [0.15, 0.2) is 41.5 Å². The molecule has 0 atom stereocenters. The van der Waals surface area contributed by atoms with E-state index in [9.17, 15) is 9.90 Å². The van der Waals surface area contributed by atoms with Gasteiger partial charge in [0.25, 0.3) is 5.91 Å². The summed E-state index contributed by atoms with van der Waals surface area (Å²) in [5.41, 5.74) is 4.80. The van der Waals surface area contributed by atoms with Gasteiger partial charge in [0.05, 0.1) is 20.4 Å². The zero-order valence-corrected chi connectivity index (χ0v) is 15.7. The molecule has 0 aliphatic heterocycles. The van der Waals surface area contributed by atoms with Crippen molar-refractivity contribution in [1.82, 2.24) is 5.43 Å². The van der Waals surface area contributed by atoms with Crippen LogP contribution in [0.25, 0.3) is 0 Å². The number of amides is 1. The van der Waals surface area contributed by atoms with Gasteiger partial charge in [0.15, 0.2) is 11.5 Å². The fraction of sp³-hybridized carbons (Fsp3) is 0.300. The van der Waals surface area contributed by atoms with Gasteiger partial charge in [-0.25, -0.2) is 5.43 Å².